The molecule has 27 heavy (non-hydrogen) atoms. The van der Waals surface area contributed by atoms with E-state index in [1.807, 2.05) is 24.0 Å². The van der Waals surface area contributed by atoms with E-state index in [4.69, 9.17) is 4.74 Å². The summed E-state index contributed by atoms with van der Waals surface area (Å²) < 4.78 is 7.48. The lowest BCUT2D eigenvalue weighted by molar-refractivity contribution is -0.671. The maximum atomic E-state index is 12.4. The standard InChI is InChI=1S/C24H18NO2/c1-25-13-11-19(12-14-25)24(26)27-15-20-8-7-18-6-5-16-3-2-4-17-9-10-21(20)23(18)22(16)17/h2-14H,15H2,1H3/q+1. The number of aryl methyl sites for hydroxylation is 1. The fourth-order valence-electron chi connectivity index (χ4n) is 3.79. The van der Waals surface area contributed by atoms with E-state index in [1.165, 1.54) is 26.9 Å². The van der Waals surface area contributed by atoms with Crippen LogP contribution in [0.25, 0.3) is 32.3 Å². The molecule has 0 aliphatic carbocycles. The van der Waals surface area contributed by atoms with E-state index in [0.717, 1.165) is 10.9 Å². The van der Waals surface area contributed by atoms with Crippen molar-refractivity contribution in [3.05, 3.63) is 90.3 Å². The lowest BCUT2D eigenvalue weighted by atomic mass is 9.92. The molecule has 0 aliphatic rings. The highest BCUT2D eigenvalue weighted by atomic mass is 16.5. The van der Waals surface area contributed by atoms with Crippen LogP contribution in [0.2, 0.25) is 0 Å². The smallest absolute Gasteiger partial charge is 0.338 e. The van der Waals surface area contributed by atoms with Crippen molar-refractivity contribution in [3.63, 3.8) is 0 Å². The average Bonchev–Trinajstić information content (AvgIpc) is 2.71. The number of aromatic nitrogens is 1. The molecule has 0 bridgehead atoms. The number of carbonyl (C=O) groups excluding carboxylic acids is 1. The lowest BCUT2D eigenvalue weighted by Gasteiger charge is -2.14. The summed E-state index contributed by atoms with van der Waals surface area (Å²) in [6.45, 7) is 0.258. The zero-order valence-corrected chi connectivity index (χ0v) is 15.0. The van der Waals surface area contributed by atoms with Gasteiger partial charge in [0.05, 0.1) is 5.56 Å². The third kappa shape index (κ3) is 2.59. The van der Waals surface area contributed by atoms with Crippen LogP contribution in [0.1, 0.15) is 15.9 Å². The molecular weight excluding hydrogens is 334 g/mol. The second kappa shape index (κ2) is 6.06. The van der Waals surface area contributed by atoms with Gasteiger partial charge in [-0.25, -0.2) is 9.36 Å². The van der Waals surface area contributed by atoms with Crippen molar-refractivity contribution in [1.82, 2.24) is 0 Å². The van der Waals surface area contributed by atoms with E-state index in [2.05, 4.69) is 54.6 Å². The number of carbonyl (C=O) groups is 1. The van der Waals surface area contributed by atoms with Gasteiger partial charge in [0.25, 0.3) is 0 Å². The van der Waals surface area contributed by atoms with Crippen molar-refractivity contribution < 1.29 is 14.1 Å². The highest BCUT2D eigenvalue weighted by molar-refractivity contribution is 6.23. The van der Waals surface area contributed by atoms with E-state index in [1.54, 1.807) is 12.1 Å². The van der Waals surface area contributed by atoms with Crippen molar-refractivity contribution in [2.24, 2.45) is 7.05 Å². The average molecular weight is 352 g/mol. The van der Waals surface area contributed by atoms with Crippen molar-refractivity contribution in [2.75, 3.05) is 0 Å². The van der Waals surface area contributed by atoms with Crippen LogP contribution in [0.3, 0.4) is 0 Å². The quantitative estimate of drug-likeness (QED) is 0.266. The normalized spacial score (nSPS) is 11.4. The number of nitrogens with zero attached hydrogens (tertiary/aromatic N) is 1. The van der Waals surface area contributed by atoms with Gasteiger partial charge >= 0.3 is 5.97 Å². The van der Waals surface area contributed by atoms with Crippen LogP contribution in [0.15, 0.2) is 79.1 Å². The molecule has 0 amide bonds. The number of ether oxygens (including phenoxy) is 1. The first-order valence-corrected chi connectivity index (χ1v) is 8.98. The molecule has 0 radical (unpaired) electrons. The van der Waals surface area contributed by atoms with Crippen LogP contribution in [0, 0.1) is 0 Å². The molecule has 0 aliphatic heterocycles. The van der Waals surface area contributed by atoms with Crippen molar-refractivity contribution >= 4 is 38.3 Å². The van der Waals surface area contributed by atoms with Gasteiger partial charge in [0, 0.05) is 12.1 Å². The molecule has 0 atom stereocenters. The molecule has 4 aromatic carbocycles. The van der Waals surface area contributed by atoms with Crippen molar-refractivity contribution in [3.8, 4) is 0 Å². The van der Waals surface area contributed by atoms with Crippen LogP contribution in [-0.2, 0) is 18.4 Å². The van der Waals surface area contributed by atoms with Crippen molar-refractivity contribution in [2.45, 2.75) is 6.61 Å². The fraction of sp³-hybridized carbons (Fsp3) is 0.0833. The first-order chi connectivity index (χ1) is 13.2. The van der Waals surface area contributed by atoms with Gasteiger partial charge in [-0.05, 0) is 37.9 Å². The highest BCUT2D eigenvalue weighted by Gasteiger charge is 2.13. The second-order valence-electron chi connectivity index (χ2n) is 6.91. The van der Waals surface area contributed by atoms with Crippen LogP contribution in [0.5, 0.6) is 0 Å². The van der Waals surface area contributed by atoms with Crippen LogP contribution < -0.4 is 4.57 Å². The Morgan fingerprint density at radius 3 is 2.19 bits per heavy atom. The third-order valence-electron chi connectivity index (χ3n) is 5.19. The monoisotopic (exact) mass is 352 g/mol. The van der Waals surface area contributed by atoms with Gasteiger partial charge in [0.15, 0.2) is 12.4 Å². The molecule has 0 saturated carbocycles. The Hall–Kier alpha value is -3.46. The van der Waals surface area contributed by atoms with Gasteiger partial charge in [0.2, 0.25) is 0 Å². The molecule has 0 fully saturated rings. The molecule has 0 N–H and O–H groups in total. The van der Waals surface area contributed by atoms with Gasteiger partial charge in [-0.3, -0.25) is 0 Å². The summed E-state index contributed by atoms with van der Waals surface area (Å²) >= 11 is 0. The van der Waals surface area contributed by atoms with E-state index >= 15 is 0 Å². The number of hydrogen-bond donors (Lipinski definition) is 0. The predicted molar refractivity (Wildman–Crippen MR) is 107 cm³/mol. The molecule has 0 unspecified atom stereocenters. The minimum atomic E-state index is -0.304. The Morgan fingerprint density at radius 2 is 1.44 bits per heavy atom. The van der Waals surface area contributed by atoms with E-state index in [-0.39, 0.29) is 12.6 Å². The SMILES string of the molecule is C[n+]1ccc(C(=O)OCc2ccc3ccc4cccc5ccc2c3c45)cc1. The highest BCUT2D eigenvalue weighted by Crippen LogP contribution is 2.36. The van der Waals surface area contributed by atoms with Crippen LogP contribution >= 0.6 is 0 Å². The molecule has 1 aromatic heterocycles. The van der Waals surface area contributed by atoms with Gasteiger partial charge in [-0.1, -0.05) is 54.6 Å². The summed E-state index contributed by atoms with van der Waals surface area (Å²) in [6, 6.07) is 22.7. The summed E-state index contributed by atoms with van der Waals surface area (Å²) in [4.78, 5) is 12.4. The van der Waals surface area contributed by atoms with Crippen LogP contribution in [0.4, 0.5) is 0 Å². The Morgan fingerprint density at radius 1 is 0.815 bits per heavy atom. The zero-order valence-electron chi connectivity index (χ0n) is 15.0. The number of rotatable bonds is 3. The Labute approximate surface area is 156 Å². The lowest BCUT2D eigenvalue weighted by Crippen LogP contribution is -2.26. The second-order valence-corrected chi connectivity index (χ2v) is 6.91. The van der Waals surface area contributed by atoms with Crippen molar-refractivity contribution in [1.29, 1.82) is 0 Å². The molecule has 1 heterocycles. The maximum absolute atomic E-state index is 12.4. The summed E-state index contributed by atoms with van der Waals surface area (Å²) in [5, 5.41) is 7.33. The topological polar surface area (TPSA) is 30.2 Å². The number of pyridine rings is 1. The largest absolute Gasteiger partial charge is 0.457 e. The summed E-state index contributed by atoms with van der Waals surface area (Å²) in [7, 11) is 1.92. The first kappa shape index (κ1) is 15.8. The van der Waals surface area contributed by atoms with Crippen LogP contribution in [-0.4, -0.2) is 5.97 Å². The summed E-state index contributed by atoms with van der Waals surface area (Å²) in [5.74, 6) is -0.304. The number of esters is 1. The first-order valence-electron chi connectivity index (χ1n) is 8.98. The number of hydrogen-bond acceptors (Lipinski definition) is 2. The number of benzene rings is 4. The molecule has 0 spiro atoms. The Kier molecular flexibility index (Phi) is 3.54. The molecular formula is C24H18NO2+. The maximum Gasteiger partial charge on any atom is 0.338 e. The third-order valence-corrected chi connectivity index (χ3v) is 5.19. The Bertz CT molecular complexity index is 1270. The van der Waals surface area contributed by atoms with Gasteiger partial charge in [-0.2, -0.15) is 0 Å². The zero-order chi connectivity index (χ0) is 18.4. The minimum absolute atomic E-state index is 0.258. The van der Waals surface area contributed by atoms with Gasteiger partial charge in [0.1, 0.15) is 13.7 Å². The predicted octanol–water partition coefficient (Wildman–Crippen LogP) is 4.77. The van der Waals surface area contributed by atoms with E-state index in [0.29, 0.717) is 5.56 Å². The van der Waals surface area contributed by atoms with Gasteiger partial charge < -0.3 is 4.74 Å². The molecule has 130 valence electrons. The van der Waals surface area contributed by atoms with E-state index < -0.39 is 0 Å². The molecule has 0 saturated heterocycles. The molecule has 3 nitrogen and oxygen atoms in total. The molecule has 3 heteroatoms. The van der Waals surface area contributed by atoms with Gasteiger partial charge in [-0.15, -0.1) is 0 Å². The van der Waals surface area contributed by atoms with E-state index in [9.17, 15) is 4.79 Å². The summed E-state index contributed by atoms with van der Waals surface area (Å²) in [6.07, 6.45) is 3.68. The fourth-order valence-corrected chi connectivity index (χ4v) is 3.79. The summed E-state index contributed by atoms with van der Waals surface area (Å²) in [5.41, 5.74) is 1.58. The molecule has 5 rings (SSSR count). The molecule has 5 aromatic rings. The minimum Gasteiger partial charge on any atom is -0.457 e. The Balaban J connectivity index is 1.55.